The number of ether oxygens (including phenoxy) is 1. The summed E-state index contributed by atoms with van der Waals surface area (Å²) in [6, 6.07) is 3.54. The van der Waals surface area contributed by atoms with E-state index in [1.165, 1.54) is 6.08 Å². The second kappa shape index (κ2) is 5.90. The summed E-state index contributed by atoms with van der Waals surface area (Å²) in [5.41, 5.74) is 0. The molecule has 1 unspecified atom stereocenters. The van der Waals surface area contributed by atoms with Gasteiger partial charge in [-0.25, -0.2) is 0 Å². The van der Waals surface area contributed by atoms with Crippen molar-refractivity contribution in [1.82, 2.24) is 9.88 Å². The summed E-state index contributed by atoms with van der Waals surface area (Å²) in [6.07, 6.45) is 5.94. The zero-order chi connectivity index (χ0) is 12.0. The van der Waals surface area contributed by atoms with Gasteiger partial charge in [-0.2, -0.15) is 0 Å². The largest absolute Gasteiger partial charge is 0.481 e. The van der Waals surface area contributed by atoms with Crippen molar-refractivity contribution in [2.45, 2.75) is 13.0 Å². The highest BCUT2D eigenvalue weighted by Crippen LogP contribution is 2.09. The van der Waals surface area contributed by atoms with Crippen LogP contribution in [0.4, 0.5) is 0 Å². The predicted molar refractivity (Wildman–Crippen MR) is 62.2 cm³/mol. The molecule has 1 aromatic rings. The van der Waals surface area contributed by atoms with Gasteiger partial charge in [0.1, 0.15) is 5.75 Å². The third-order valence-corrected chi connectivity index (χ3v) is 1.88. The SMILES string of the molecule is CC(Oc1cccnc1)C(=O)/C=C/N(C)C. The van der Waals surface area contributed by atoms with Gasteiger partial charge in [0.15, 0.2) is 11.9 Å². The first kappa shape index (κ1) is 12.2. The van der Waals surface area contributed by atoms with Crippen LogP contribution in [0.2, 0.25) is 0 Å². The Morgan fingerprint density at radius 3 is 2.88 bits per heavy atom. The molecule has 1 atom stereocenters. The van der Waals surface area contributed by atoms with Crippen LogP contribution in [0.1, 0.15) is 6.92 Å². The van der Waals surface area contributed by atoms with Crippen LogP contribution in [0.25, 0.3) is 0 Å². The molecule has 0 N–H and O–H groups in total. The maximum Gasteiger partial charge on any atom is 0.197 e. The van der Waals surface area contributed by atoms with Gasteiger partial charge in [-0.05, 0) is 19.1 Å². The highest BCUT2D eigenvalue weighted by molar-refractivity contribution is 5.93. The van der Waals surface area contributed by atoms with Crippen molar-refractivity contribution in [2.24, 2.45) is 0 Å². The Hall–Kier alpha value is -1.84. The van der Waals surface area contributed by atoms with Crippen LogP contribution in [0.15, 0.2) is 36.8 Å². The summed E-state index contributed by atoms with van der Waals surface area (Å²) in [5.74, 6) is 0.527. The summed E-state index contributed by atoms with van der Waals surface area (Å²) in [5, 5.41) is 0. The first-order valence-electron chi connectivity index (χ1n) is 5.05. The van der Waals surface area contributed by atoms with E-state index < -0.39 is 6.10 Å². The van der Waals surface area contributed by atoms with E-state index in [0.29, 0.717) is 5.75 Å². The summed E-state index contributed by atoms with van der Waals surface area (Å²) in [6.45, 7) is 1.72. The normalized spacial score (nSPS) is 12.4. The topological polar surface area (TPSA) is 42.4 Å². The van der Waals surface area contributed by atoms with Gasteiger partial charge in [0.05, 0.1) is 6.20 Å². The van der Waals surface area contributed by atoms with Gasteiger partial charge in [-0.15, -0.1) is 0 Å². The van der Waals surface area contributed by atoms with E-state index in [2.05, 4.69) is 4.98 Å². The number of carbonyl (C=O) groups excluding carboxylic acids is 1. The Morgan fingerprint density at radius 2 is 2.31 bits per heavy atom. The Kier molecular flexibility index (Phi) is 4.51. The molecule has 0 radical (unpaired) electrons. The average Bonchev–Trinajstić information content (AvgIpc) is 2.27. The molecule has 0 bridgehead atoms. The van der Waals surface area contributed by atoms with Crippen LogP contribution in [0, 0.1) is 0 Å². The zero-order valence-corrected chi connectivity index (χ0v) is 9.75. The van der Waals surface area contributed by atoms with E-state index in [0.717, 1.165) is 0 Å². The molecule has 16 heavy (non-hydrogen) atoms. The van der Waals surface area contributed by atoms with E-state index >= 15 is 0 Å². The standard InChI is InChI=1S/C12H16N2O2/c1-10(12(15)6-8-14(2)3)16-11-5-4-7-13-9-11/h4-10H,1-3H3/b8-6+. The van der Waals surface area contributed by atoms with Crippen LogP contribution in [-0.4, -0.2) is 35.9 Å². The summed E-state index contributed by atoms with van der Waals surface area (Å²) in [4.78, 5) is 17.3. The van der Waals surface area contributed by atoms with Gasteiger partial charge in [0.25, 0.3) is 0 Å². The third kappa shape index (κ3) is 4.13. The maximum atomic E-state index is 11.6. The number of nitrogens with zero attached hydrogens (tertiary/aromatic N) is 2. The van der Waals surface area contributed by atoms with E-state index in [4.69, 9.17) is 4.74 Å². The molecule has 0 aliphatic rings. The molecule has 86 valence electrons. The van der Waals surface area contributed by atoms with Gasteiger partial charge >= 0.3 is 0 Å². The lowest BCUT2D eigenvalue weighted by Gasteiger charge is -2.11. The zero-order valence-electron chi connectivity index (χ0n) is 9.75. The van der Waals surface area contributed by atoms with Crippen LogP contribution < -0.4 is 4.74 Å². The van der Waals surface area contributed by atoms with Crippen molar-refractivity contribution in [3.05, 3.63) is 36.8 Å². The summed E-state index contributed by atoms with van der Waals surface area (Å²) >= 11 is 0. The highest BCUT2D eigenvalue weighted by atomic mass is 16.5. The molecule has 0 aliphatic carbocycles. The van der Waals surface area contributed by atoms with Crippen LogP contribution in [0.3, 0.4) is 0 Å². The molecule has 0 saturated heterocycles. The van der Waals surface area contributed by atoms with Crippen LogP contribution >= 0.6 is 0 Å². The molecule has 0 aliphatic heterocycles. The number of hydrogen-bond acceptors (Lipinski definition) is 4. The lowest BCUT2D eigenvalue weighted by Crippen LogP contribution is -2.22. The van der Waals surface area contributed by atoms with E-state index in [1.54, 1.807) is 42.6 Å². The minimum atomic E-state index is -0.500. The molecule has 4 nitrogen and oxygen atoms in total. The smallest absolute Gasteiger partial charge is 0.197 e. The van der Waals surface area contributed by atoms with Crippen molar-refractivity contribution >= 4 is 5.78 Å². The second-order valence-electron chi connectivity index (χ2n) is 3.63. The predicted octanol–water partition coefficient (Wildman–Crippen LogP) is 1.49. The Bertz CT molecular complexity index is 361. The Labute approximate surface area is 95.6 Å². The van der Waals surface area contributed by atoms with Crippen LogP contribution in [0.5, 0.6) is 5.75 Å². The number of rotatable bonds is 5. The van der Waals surface area contributed by atoms with Crippen molar-refractivity contribution in [3.63, 3.8) is 0 Å². The fourth-order valence-electron chi connectivity index (χ4n) is 1.04. The van der Waals surface area contributed by atoms with Crippen molar-refractivity contribution in [2.75, 3.05) is 14.1 Å². The number of ketones is 1. The molecule has 1 aromatic heterocycles. The lowest BCUT2D eigenvalue weighted by atomic mass is 10.2. The molecule has 0 amide bonds. The van der Waals surface area contributed by atoms with Gasteiger partial charge in [0, 0.05) is 32.6 Å². The molecule has 4 heteroatoms. The molecule has 0 fully saturated rings. The fourth-order valence-corrected chi connectivity index (χ4v) is 1.04. The quantitative estimate of drug-likeness (QED) is 0.705. The minimum absolute atomic E-state index is 0.0717. The molecule has 0 saturated carbocycles. The number of hydrogen-bond donors (Lipinski definition) is 0. The number of carbonyl (C=O) groups is 1. The highest BCUT2D eigenvalue weighted by Gasteiger charge is 2.11. The van der Waals surface area contributed by atoms with Gasteiger partial charge in [0.2, 0.25) is 0 Å². The third-order valence-electron chi connectivity index (χ3n) is 1.88. The molecule has 1 rings (SSSR count). The van der Waals surface area contributed by atoms with Gasteiger partial charge < -0.3 is 9.64 Å². The monoisotopic (exact) mass is 220 g/mol. The van der Waals surface area contributed by atoms with Gasteiger partial charge in [-0.1, -0.05) is 0 Å². The molecule has 0 aromatic carbocycles. The Balaban J connectivity index is 2.53. The van der Waals surface area contributed by atoms with Crippen molar-refractivity contribution < 1.29 is 9.53 Å². The molecular weight excluding hydrogens is 204 g/mol. The summed E-state index contributed by atoms with van der Waals surface area (Å²) < 4.78 is 5.43. The lowest BCUT2D eigenvalue weighted by molar-refractivity contribution is -0.120. The average molecular weight is 220 g/mol. The molecular formula is C12H16N2O2. The van der Waals surface area contributed by atoms with E-state index in [1.807, 2.05) is 14.1 Å². The molecule has 1 heterocycles. The summed E-state index contributed by atoms with van der Waals surface area (Å²) in [7, 11) is 3.72. The second-order valence-corrected chi connectivity index (χ2v) is 3.63. The minimum Gasteiger partial charge on any atom is -0.481 e. The number of aromatic nitrogens is 1. The first-order valence-corrected chi connectivity index (χ1v) is 5.05. The van der Waals surface area contributed by atoms with Gasteiger partial charge in [-0.3, -0.25) is 9.78 Å². The van der Waals surface area contributed by atoms with Crippen LogP contribution in [-0.2, 0) is 4.79 Å². The fraction of sp³-hybridized carbons (Fsp3) is 0.333. The van der Waals surface area contributed by atoms with Crippen molar-refractivity contribution in [1.29, 1.82) is 0 Å². The maximum absolute atomic E-state index is 11.6. The van der Waals surface area contributed by atoms with E-state index in [-0.39, 0.29) is 5.78 Å². The Morgan fingerprint density at radius 1 is 1.56 bits per heavy atom. The van der Waals surface area contributed by atoms with Crippen molar-refractivity contribution in [3.8, 4) is 5.75 Å². The molecule has 0 spiro atoms. The number of pyridine rings is 1. The van der Waals surface area contributed by atoms with E-state index in [9.17, 15) is 4.79 Å². The first-order chi connectivity index (χ1) is 7.59.